The predicted molar refractivity (Wildman–Crippen MR) is 95.2 cm³/mol. The molecule has 0 amide bonds. The van der Waals surface area contributed by atoms with E-state index in [-0.39, 0.29) is 0 Å². The van der Waals surface area contributed by atoms with Crippen molar-refractivity contribution in [3.8, 4) is 5.75 Å². The van der Waals surface area contributed by atoms with Gasteiger partial charge in [0.25, 0.3) is 0 Å². The number of hydrogen-bond acceptors (Lipinski definition) is 3. The summed E-state index contributed by atoms with van der Waals surface area (Å²) in [6.45, 7) is 3.47. The molecule has 0 aliphatic heterocycles. The highest BCUT2D eigenvalue weighted by Crippen LogP contribution is 2.26. The van der Waals surface area contributed by atoms with Gasteiger partial charge in [-0.2, -0.15) is 0 Å². The lowest BCUT2D eigenvalue weighted by molar-refractivity contribution is 0.304. The van der Waals surface area contributed by atoms with E-state index in [1.165, 1.54) is 11.1 Å². The second-order valence-electron chi connectivity index (χ2n) is 5.52. The number of benzene rings is 2. The summed E-state index contributed by atoms with van der Waals surface area (Å²) >= 11 is 3.59. The Bertz CT molecular complexity index is 573. The highest BCUT2D eigenvalue weighted by atomic mass is 79.9. The molecule has 2 aromatic rings. The molecular formula is C18H23BrN2O. The van der Waals surface area contributed by atoms with Gasteiger partial charge in [-0.1, -0.05) is 36.4 Å². The van der Waals surface area contributed by atoms with Crippen LogP contribution in [0.25, 0.3) is 0 Å². The Kier molecular flexibility index (Phi) is 6.90. The van der Waals surface area contributed by atoms with E-state index in [9.17, 15) is 0 Å². The van der Waals surface area contributed by atoms with Crippen molar-refractivity contribution in [2.75, 3.05) is 27.2 Å². The lowest BCUT2D eigenvalue weighted by Crippen LogP contribution is -2.26. The maximum atomic E-state index is 5.86. The van der Waals surface area contributed by atoms with Crippen LogP contribution in [0.1, 0.15) is 11.1 Å². The van der Waals surface area contributed by atoms with Crippen LogP contribution in [-0.4, -0.2) is 32.1 Å². The van der Waals surface area contributed by atoms with Crippen LogP contribution in [0.2, 0.25) is 0 Å². The van der Waals surface area contributed by atoms with Gasteiger partial charge in [0.15, 0.2) is 0 Å². The molecule has 118 valence electrons. The van der Waals surface area contributed by atoms with Crippen molar-refractivity contribution in [1.29, 1.82) is 0 Å². The van der Waals surface area contributed by atoms with Crippen LogP contribution in [0, 0.1) is 0 Å². The molecule has 0 heterocycles. The zero-order chi connectivity index (χ0) is 15.8. The zero-order valence-corrected chi connectivity index (χ0v) is 14.8. The smallest absolute Gasteiger partial charge is 0.134 e. The van der Waals surface area contributed by atoms with Crippen LogP contribution in [0.15, 0.2) is 53.0 Å². The SMILES string of the molecule is CN(C)CCNCc1ccc(OCc2ccccc2)c(Br)c1. The molecular weight excluding hydrogens is 340 g/mol. The van der Waals surface area contributed by atoms with E-state index in [0.29, 0.717) is 6.61 Å². The van der Waals surface area contributed by atoms with Crippen molar-refractivity contribution in [2.24, 2.45) is 0 Å². The third-order valence-corrected chi connectivity index (χ3v) is 3.92. The van der Waals surface area contributed by atoms with E-state index < -0.39 is 0 Å². The molecule has 0 atom stereocenters. The third-order valence-electron chi connectivity index (χ3n) is 3.30. The monoisotopic (exact) mass is 362 g/mol. The molecule has 0 aromatic heterocycles. The molecule has 0 bridgehead atoms. The van der Waals surface area contributed by atoms with Crippen molar-refractivity contribution in [3.63, 3.8) is 0 Å². The third kappa shape index (κ3) is 5.79. The van der Waals surface area contributed by atoms with Crippen LogP contribution in [0.4, 0.5) is 0 Å². The summed E-state index contributed by atoms with van der Waals surface area (Å²) in [5, 5.41) is 3.43. The van der Waals surface area contributed by atoms with E-state index in [2.05, 4.69) is 64.5 Å². The Morgan fingerprint density at radius 1 is 1.05 bits per heavy atom. The van der Waals surface area contributed by atoms with E-state index in [1.54, 1.807) is 0 Å². The van der Waals surface area contributed by atoms with Gasteiger partial charge in [0, 0.05) is 19.6 Å². The molecule has 0 aliphatic carbocycles. The van der Waals surface area contributed by atoms with Crippen LogP contribution >= 0.6 is 15.9 Å². The molecule has 4 heteroatoms. The number of rotatable bonds is 8. The minimum absolute atomic E-state index is 0.583. The largest absolute Gasteiger partial charge is 0.488 e. The van der Waals surface area contributed by atoms with Gasteiger partial charge >= 0.3 is 0 Å². The summed E-state index contributed by atoms with van der Waals surface area (Å²) in [7, 11) is 4.16. The van der Waals surface area contributed by atoms with E-state index in [4.69, 9.17) is 4.74 Å². The van der Waals surface area contributed by atoms with Crippen LogP contribution < -0.4 is 10.1 Å². The summed E-state index contributed by atoms with van der Waals surface area (Å²) < 4.78 is 6.86. The van der Waals surface area contributed by atoms with Gasteiger partial charge in [-0.15, -0.1) is 0 Å². The Balaban J connectivity index is 1.84. The quantitative estimate of drug-likeness (QED) is 0.725. The van der Waals surface area contributed by atoms with Crippen molar-refractivity contribution in [3.05, 3.63) is 64.1 Å². The van der Waals surface area contributed by atoms with Crippen LogP contribution in [0.5, 0.6) is 5.75 Å². The van der Waals surface area contributed by atoms with Gasteiger partial charge in [-0.25, -0.2) is 0 Å². The Morgan fingerprint density at radius 3 is 2.50 bits per heavy atom. The molecule has 0 spiro atoms. The Morgan fingerprint density at radius 2 is 1.82 bits per heavy atom. The van der Waals surface area contributed by atoms with Crippen molar-refractivity contribution in [1.82, 2.24) is 10.2 Å². The van der Waals surface area contributed by atoms with Crippen molar-refractivity contribution in [2.45, 2.75) is 13.2 Å². The number of ether oxygens (including phenoxy) is 1. The standard InChI is InChI=1S/C18H23BrN2O/c1-21(2)11-10-20-13-16-8-9-18(17(19)12-16)22-14-15-6-4-3-5-7-15/h3-9,12,20H,10-11,13-14H2,1-2H3. The molecule has 0 radical (unpaired) electrons. The predicted octanol–water partition coefficient (Wildman–Crippen LogP) is 3.68. The van der Waals surface area contributed by atoms with Gasteiger partial charge in [-0.3, -0.25) is 0 Å². The fourth-order valence-electron chi connectivity index (χ4n) is 2.04. The molecule has 0 aliphatic rings. The first kappa shape index (κ1) is 17.0. The summed E-state index contributed by atoms with van der Waals surface area (Å²) in [6, 6.07) is 16.4. The Labute approximate surface area is 141 Å². The van der Waals surface area contributed by atoms with Crippen molar-refractivity contribution >= 4 is 15.9 Å². The molecule has 22 heavy (non-hydrogen) atoms. The second-order valence-corrected chi connectivity index (χ2v) is 6.37. The lowest BCUT2D eigenvalue weighted by atomic mass is 10.2. The topological polar surface area (TPSA) is 24.5 Å². The number of hydrogen-bond donors (Lipinski definition) is 1. The first-order chi connectivity index (χ1) is 10.6. The summed E-state index contributed by atoms with van der Waals surface area (Å²) in [4.78, 5) is 2.17. The molecule has 3 nitrogen and oxygen atoms in total. The minimum atomic E-state index is 0.583. The number of nitrogens with zero attached hydrogens (tertiary/aromatic N) is 1. The second kappa shape index (κ2) is 8.93. The fourth-order valence-corrected chi connectivity index (χ4v) is 2.58. The Hall–Kier alpha value is -1.36. The lowest BCUT2D eigenvalue weighted by Gasteiger charge is -2.12. The van der Waals surface area contributed by atoms with Gasteiger partial charge < -0.3 is 15.0 Å². The van der Waals surface area contributed by atoms with E-state index in [0.717, 1.165) is 29.9 Å². The summed E-state index contributed by atoms with van der Waals surface area (Å²) in [6.07, 6.45) is 0. The highest BCUT2D eigenvalue weighted by Gasteiger charge is 2.03. The van der Waals surface area contributed by atoms with Gasteiger partial charge in [-0.05, 0) is 53.3 Å². The van der Waals surface area contributed by atoms with Gasteiger partial charge in [0.2, 0.25) is 0 Å². The average Bonchev–Trinajstić information content (AvgIpc) is 2.51. The summed E-state index contributed by atoms with van der Waals surface area (Å²) in [5.74, 6) is 0.876. The maximum absolute atomic E-state index is 5.86. The first-order valence-corrected chi connectivity index (χ1v) is 8.25. The zero-order valence-electron chi connectivity index (χ0n) is 13.2. The van der Waals surface area contributed by atoms with Crippen LogP contribution in [-0.2, 0) is 13.2 Å². The molecule has 2 rings (SSSR count). The molecule has 0 saturated heterocycles. The van der Waals surface area contributed by atoms with Crippen molar-refractivity contribution < 1.29 is 4.74 Å². The fraction of sp³-hybridized carbons (Fsp3) is 0.333. The molecule has 1 N–H and O–H groups in total. The minimum Gasteiger partial charge on any atom is -0.488 e. The molecule has 0 saturated carbocycles. The number of likely N-dealkylation sites (N-methyl/N-ethyl adjacent to an activating group) is 1. The average molecular weight is 363 g/mol. The molecule has 2 aromatic carbocycles. The highest BCUT2D eigenvalue weighted by molar-refractivity contribution is 9.10. The normalized spacial score (nSPS) is 10.9. The van der Waals surface area contributed by atoms with Gasteiger partial charge in [0.1, 0.15) is 12.4 Å². The van der Waals surface area contributed by atoms with Crippen LogP contribution in [0.3, 0.4) is 0 Å². The maximum Gasteiger partial charge on any atom is 0.134 e. The number of nitrogens with one attached hydrogen (secondary N) is 1. The first-order valence-electron chi connectivity index (χ1n) is 7.46. The van der Waals surface area contributed by atoms with E-state index >= 15 is 0 Å². The van der Waals surface area contributed by atoms with E-state index in [1.807, 2.05) is 24.3 Å². The molecule has 0 unspecified atom stereocenters. The molecule has 0 fully saturated rings. The summed E-state index contributed by atoms with van der Waals surface area (Å²) in [5.41, 5.74) is 2.42. The van der Waals surface area contributed by atoms with Gasteiger partial charge in [0.05, 0.1) is 4.47 Å². The number of halogens is 1.